The van der Waals surface area contributed by atoms with Crippen LogP contribution in [-0.2, 0) is 20.8 Å². The average Bonchev–Trinajstić information content (AvgIpc) is 2.39. The maximum atomic E-state index is 12.2. The Hall–Kier alpha value is -1.10. The van der Waals surface area contributed by atoms with Crippen LogP contribution in [0.1, 0.15) is 0 Å². The second-order valence-corrected chi connectivity index (χ2v) is 7.27. The van der Waals surface area contributed by atoms with Crippen molar-refractivity contribution in [3.05, 3.63) is 12.4 Å². The number of nitrogens with one attached hydrogen (secondary N) is 1. The molecule has 1 aliphatic rings. The van der Waals surface area contributed by atoms with Crippen LogP contribution in [0.5, 0.6) is 0 Å². The van der Waals surface area contributed by atoms with Crippen molar-refractivity contribution in [2.24, 2.45) is 5.84 Å². The summed E-state index contributed by atoms with van der Waals surface area (Å²) in [5.74, 6) is 5.97. The quantitative estimate of drug-likeness (QED) is 0.514. The first-order chi connectivity index (χ1) is 8.54. The Morgan fingerprint density at radius 3 is 2.33 bits per heavy atom. The summed E-state index contributed by atoms with van der Waals surface area (Å²) in [4.78, 5) is 7.53. The van der Waals surface area contributed by atoms with E-state index in [0.717, 1.165) is 0 Å². The molecule has 3 N–H and O–H groups in total. The summed E-state index contributed by atoms with van der Waals surface area (Å²) in [6.45, 7) is 0.512. The summed E-state index contributed by atoms with van der Waals surface area (Å²) < 4.78 is 36.9. The minimum absolute atomic E-state index is 0.00850. The molecule has 0 aromatic carbocycles. The molecule has 0 atom stereocenters. The number of hydrogen-bond donors (Lipinski definition) is 2. The molecule has 8 nitrogen and oxygen atoms in total. The second-order valence-electron chi connectivity index (χ2n) is 3.64. The first-order valence-corrected chi connectivity index (χ1v) is 8.10. The molecule has 0 radical (unpaired) electrons. The van der Waals surface area contributed by atoms with Crippen LogP contribution in [0.3, 0.4) is 0 Å². The van der Waals surface area contributed by atoms with E-state index in [1.165, 1.54) is 16.7 Å². The third-order valence-corrected chi connectivity index (χ3v) is 5.66. The van der Waals surface area contributed by atoms with Gasteiger partial charge in [-0.25, -0.2) is 24.2 Å². The van der Waals surface area contributed by atoms with E-state index in [-0.39, 0.29) is 23.9 Å². The topological polar surface area (TPSA) is 118 Å². The number of sulfonamides is 1. The monoisotopic (exact) mass is 291 g/mol. The third-order valence-electron chi connectivity index (χ3n) is 2.53. The van der Waals surface area contributed by atoms with E-state index >= 15 is 0 Å². The lowest BCUT2D eigenvalue weighted by Gasteiger charge is -2.25. The molecule has 0 bridgehead atoms. The Balaban J connectivity index is 2.21. The van der Waals surface area contributed by atoms with Crippen molar-refractivity contribution >= 4 is 26.8 Å². The number of rotatable bonds is 3. The second kappa shape index (κ2) is 5.26. The van der Waals surface area contributed by atoms with Gasteiger partial charge in [-0.05, 0) is 0 Å². The van der Waals surface area contributed by atoms with Crippen molar-refractivity contribution < 1.29 is 12.6 Å². The molecule has 1 aromatic heterocycles. The Bertz CT molecular complexity index is 534. The zero-order valence-electron chi connectivity index (χ0n) is 9.44. The highest BCUT2D eigenvalue weighted by atomic mass is 32.2. The fraction of sp³-hybridized carbons (Fsp3) is 0.500. The largest absolute Gasteiger partial charge is 0.292 e. The number of anilines is 1. The Morgan fingerprint density at radius 2 is 1.83 bits per heavy atom. The Labute approximate surface area is 107 Å². The highest BCUT2D eigenvalue weighted by Crippen LogP contribution is 2.16. The fourth-order valence-corrected chi connectivity index (χ4v) is 4.15. The van der Waals surface area contributed by atoms with Gasteiger partial charge in [0.15, 0.2) is 0 Å². The van der Waals surface area contributed by atoms with Crippen LogP contribution in [0.15, 0.2) is 17.3 Å². The van der Waals surface area contributed by atoms with E-state index < -0.39 is 20.8 Å². The molecule has 2 rings (SSSR count). The molecule has 1 aromatic rings. The molecule has 0 amide bonds. The van der Waals surface area contributed by atoms with Gasteiger partial charge in [0, 0.05) is 35.4 Å². The van der Waals surface area contributed by atoms with Crippen LogP contribution < -0.4 is 11.3 Å². The maximum absolute atomic E-state index is 12.2. The molecule has 100 valence electrons. The van der Waals surface area contributed by atoms with E-state index in [2.05, 4.69) is 15.4 Å². The maximum Gasteiger partial charge on any atom is 0.246 e. The van der Waals surface area contributed by atoms with Gasteiger partial charge in [0.2, 0.25) is 16.0 Å². The van der Waals surface area contributed by atoms with Crippen LogP contribution in [0.4, 0.5) is 5.95 Å². The summed E-state index contributed by atoms with van der Waals surface area (Å²) in [6.07, 6.45) is 2.40. The molecule has 0 spiro atoms. The summed E-state index contributed by atoms with van der Waals surface area (Å²) in [5, 5.41) is 0. The summed E-state index contributed by atoms with van der Waals surface area (Å²) >= 11 is 0. The molecule has 10 heteroatoms. The van der Waals surface area contributed by atoms with E-state index in [1.54, 1.807) is 0 Å². The van der Waals surface area contributed by atoms with Gasteiger partial charge in [-0.2, -0.15) is 4.31 Å². The highest BCUT2D eigenvalue weighted by molar-refractivity contribution is 7.89. The molecule has 1 saturated heterocycles. The van der Waals surface area contributed by atoms with Crippen molar-refractivity contribution in [1.29, 1.82) is 0 Å². The average molecular weight is 291 g/mol. The molecule has 1 aliphatic heterocycles. The van der Waals surface area contributed by atoms with Crippen LogP contribution in [0.25, 0.3) is 0 Å². The Kier molecular flexibility index (Phi) is 3.90. The highest BCUT2D eigenvalue weighted by Gasteiger charge is 2.28. The van der Waals surface area contributed by atoms with E-state index in [9.17, 15) is 12.6 Å². The van der Waals surface area contributed by atoms with Crippen molar-refractivity contribution in [2.75, 3.05) is 30.0 Å². The van der Waals surface area contributed by atoms with Crippen molar-refractivity contribution in [3.8, 4) is 0 Å². The minimum Gasteiger partial charge on any atom is -0.292 e. The smallest absolute Gasteiger partial charge is 0.246 e. The lowest BCUT2D eigenvalue weighted by atomic mass is 10.6. The van der Waals surface area contributed by atoms with Crippen LogP contribution in [0, 0.1) is 0 Å². The number of nitrogens with zero attached hydrogens (tertiary/aromatic N) is 3. The fourth-order valence-electron chi connectivity index (χ4n) is 1.53. The number of aromatic nitrogens is 2. The number of hydrogen-bond acceptors (Lipinski definition) is 7. The normalized spacial score (nSPS) is 18.7. The predicted molar refractivity (Wildman–Crippen MR) is 66.5 cm³/mol. The molecular formula is C8H13N5O3S2. The van der Waals surface area contributed by atoms with Gasteiger partial charge < -0.3 is 0 Å². The van der Waals surface area contributed by atoms with Crippen molar-refractivity contribution in [3.63, 3.8) is 0 Å². The van der Waals surface area contributed by atoms with Crippen molar-refractivity contribution in [2.45, 2.75) is 4.90 Å². The lowest BCUT2D eigenvalue weighted by molar-refractivity contribution is 0.438. The zero-order chi connectivity index (χ0) is 13.2. The molecular weight excluding hydrogens is 278 g/mol. The standard InChI is InChI=1S/C8H13N5O3S2/c9-12-8-10-5-7(6-11-8)18(15,16)13-1-3-17(14)4-2-13/h5-6H,1-4,9H2,(H,10,11,12). The summed E-state index contributed by atoms with van der Waals surface area (Å²) in [6, 6.07) is 0. The predicted octanol–water partition coefficient (Wildman–Crippen LogP) is -1.48. The third kappa shape index (κ3) is 2.66. The molecule has 18 heavy (non-hydrogen) atoms. The first kappa shape index (κ1) is 13.3. The van der Waals surface area contributed by atoms with Crippen molar-refractivity contribution in [1.82, 2.24) is 14.3 Å². The van der Waals surface area contributed by atoms with Crippen LogP contribution in [-0.4, -0.2) is 51.5 Å². The van der Waals surface area contributed by atoms with Gasteiger partial charge in [-0.3, -0.25) is 9.63 Å². The van der Waals surface area contributed by atoms with Gasteiger partial charge in [0.1, 0.15) is 4.90 Å². The summed E-state index contributed by atoms with van der Waals surface area (Å²) in [5.41, 5.74) is 2.22. The SMILES string of the molecule is NNc1ncc(S(=O)(=O)N2CCS(=O)CC2)cn1. The minimum atomic E-state index is -3.61. The van der Waals surface area contributed by atoms with E-state index in [0.29, 0.717) is 11.5 Å². The molecule has 1 fully saturated rings. The summed E-state index contributed by atoms with van der Waals surface area (Å²) in [7, 11) is -4.53. The van der Waals surface area contributed by atoms with Gasteiger partial charge in [-0.15, -0.1) is 0 Å². The molecule has 0 aliphatic carbocycles. The van der Waals surface area contributed by atoms with E-state index in [4.69, 9.17) is 5.84 Å². The van der Waals surface area contributed by atoms with Gasteiger partial charge in [-0.1, -0.05) is 0 Å². The number of nitrogens with two attached hydrogens (primary N) is 1. The Morgan fingerprint density at radius 1 is 1.28 bits per heavy atom. The molecule has 0 saturated carbocycles. The number of nitrogen functional groups attached to an aromatic ring is 1. The van der Waals surface area contributed by atoms with Gasteiger partial charge in [0.05, 0.1) is 12.4 Å². The van der Waals surface area contributed by atoms with Crippen LogP contribution in [0.2, 0.25) is 0 Å². The molecule has 2 heterocycles. The zero-order valence-corrected chi connectivity index (χ0v) is 11.1. The number of hydrazine groups is 1. The van der Waals surface area contributed by atoms with Gasteiger partial charge >= 0.3 is 0 Å². The molecule has 0 unspecified atom stereocenters. The first-order valence-electron chi connectivity index (χ1n) is 5.18. The lowest BCUT2D eigenvalue weighted by Crippen LogP contribution is -2.41. The van der Waals surface area contributed by atoms with Gasteiger partial charge in [0.25, 0.3) is 0 Å². The van der Waals surface area contributed by atoms with E-state index in [1.807, 2.05) is 0 Å². The van der Waals surface area contributed by atoms with Crippen LogP contribution >= 0.6 is 0 Å².